The lowest BCUT2D eigenvalue weighted by atomic mass is 9.70. The van der Waals surface area contributed by atoms with Crippen molar-refractivity contribution in [1.82, 2.24) is 9.55 Å². The van der Waals surface area contributed by atoms with Crippen LogP contribution in [-0.2, 0) is 0 Å². The SMILES string of the molecule is COc1cc(Nc2nc3cc(C(=O)O)ccc3n2C2CC(C)CC(C)(C)C2)cc(OC)c1OC. The molecule has 0 amide bonds. The molecule has 8 nitrogen and oxygen atoms in total. The predicted octanol–water partition coefficient (Wildman–Crippen LogP) is 5.89. The van der Waals surface area contributed by atoms with Crippen LogP contribution in [0.3, 0.4) is 0 Å². The quantitative estimate of drug-likeness (QED) is 0.447. The minimum atomic E-state index is -0.969. The van der Waals surface area contributed by atoms with Gasteiger partial charge in [0.2, 0.25) is 11.7 Å². The van der Waals surface area contributed by atoms with Crippen molar-refractivity contribution < 1.29 is 24.1 Å². The third kappa shape index (κ3) is 4.49. The summed E-state index contributed by atoms with van der Waals surface area (Å²) < 4.78 is 18.7. The summed E-state index contributed by atoms with van der Waals surface area (Å²) in [5, 5.41) is 12.9. The van der Waals surface area contributed by atoms with Gasteiger partial charge in [-0.05, 0) is 48.8 Å². The Morgan fingerprint density at radius 3 is 2.32 bits per heavy atom. The standard InChI is InChI=1S/C26H33N3O5/c1-15-9-18(14-26(2,3)13-15)29-20-8-7-16(24(30)31)10-19(20)28-25(29)27-17-11-21(32-4)23(34-6)22(12-17)33-5/h7-8,10-12,15,18H,9,13-14H2,1-6H3,(H,27,28)(H,30,31). The van der Waals surface area contributed by atoms with E-state index >= 15 is 0 Å². The van der Waals surface area contributed by atoms with Crippen LogP contribution < -0.4 is 19.5 Å². The molecule has 1 aromatic heterocycles. The van der Waals surface area contributed by atoms with E-state index in [1.807, 2.05) is 18.2 Å². The molecular formula is C26H33N3O5. The van der Waals surface area contributed by atoms with E-state index in [4.69, 9.17) is 19.2 Å². The number of benzene rings is 2. The van der Waals surface area contributed by atoms with Gasteiger partial charge in [-0.2, -0.15) is 0 Å². The first-order valence-electron chi connectivity index (χ1n) is 11.5. The van der Waals surface area contributed by atoms with Crippen LogP contribution in [0.4, 0.5) is 11.6 Å². The molecule has 0 spiro atoms. The van der Waals surface area contributed by atoms with Crippen molar-refractivity contribution in [2.45, 2.75) is 46.1 Å². The Morgan fingerprint density at radius 2 is 1.76 bits per heavy atom. The molecule has 0 aliphatic heterocycles. The summed E-state index contributed by atoms with van der Waals surface area (Å²) in [6, 6.07) is 9.03. The molecule has 8 heteroatoms. The van der Waals surface area contributed by atoms with Crippen LogP contribution in [0.25, 0.3) is 11.0 Å². The van der Waals surface area contributed by atoms with Crippen molar-refractivity contribution in [1.29, 1.82) is 0 Å². The Labute approximate surface area is 199 Å². The molecule has 34 heavy (non-hydrogen) atoms. The van der Waals surface area contributed by atoms with Crippen LogP contribution in [0.2, 0.25) is 0 Å². The lowest BCUT2D eigenvalue weighted by Gasteiger charge is -2.40. The number of ether oxygens (including phenoxy) is 3. The second-order valence-corrected chi connectivity index (χ2v) is 9.92. The number of aromatic carboxylic acids is 1. The summed E-state index contributed by atoms with van der Waals surface area (Å²) >= 11 is 0. The number of hydrogen-bond acceptors (Lipinski definition) is 6. The summed E-state index contributed by atoms with van der Waals surface area (Å²) in [6.45, 7) is 6.91. The number of carboxylic acid groups (broad SMARTS) is 1. The molecule has 2 aromatic carbocycles. The maximum Gasteiger partial charge on any atom is 0.335 e. The lowest BCUT2D eigenvalue weighted by molar-refractivity contribution is 0.0697. The number of rotatable bonds is 7. The lowest BCUT2D eigenvalue weighted by Crippen LogP contribution is -2.29. The van der Waals surface area contributed by atoms with Gasteiger partial charge < -0.3 is 29.2 Å². The zero-order valence-corrected chi connectivity index (χ0v) is 20.6. The molecule has 3 aromatic rings. The monoisotopic (exact) mass is 467 g/mol. The molecule has 1 heterocycles. The molecule has 4 rings (SSSR count). The molecule has 2 atom stereocenters. The van der Waals surface area contributed by atoms with E-state index < -0.39 is 5.97 Å². The van der Waals surface area contributed by atoms with E-state index in [1.165, 1.54) is 6.42 Å². The third-order valence-corrected chi connectivity index (χ3v) is 6.59. The molecule has 1 aliphatic rings. The normalized spacial score (nSPS) is 19.6. The van der Waals surface area contributed by atoms with Crippen LogP contribution in [0.15, 0.2) is 30.3 Å². The maximum atomic E-state index is 11.6. The summed E-state index contributed by atoms with van der Waals surface area (Å²) in [4.78, 5) is 16.4. The Morgan fingerprint density at radius 1 is 1.09 bits per heavy atom. The van der Waals surface area contributed by atoms with E-state index in [1.54, 1.807) is 33.5 Å². The van der Waals surface area contributed by atoms with Crippen molar-refractivity contribution in [3.63, 3.8) is 0 Å². The van der Waals surface area contributed by atoms with E-state index in [0.29, 0.717) is 34.6 Å². The van der Waals surface area contributed by atoms with Gasteiger partial charge in [0, 0.05) is 23.9 Å². The number of nitrogens with one attached hydrogen (secondary N) is 1. The van der Waals surface area contributed by atoms with Crippen LogP contribution in [0, 0.1) is 11.3 Å². The van der Waals surface area contributed by atoms with Gasteiger partial charge in [0.05, 0.1) is 37.9 Å². The average molecular weight is 468 g/mol. The summed E-state index contributed by atoms with van der Waals surface area (Å²) in [5.74, 6) is 1.83. The molecule has 0 radical (unpaired) electrons. The number of aromatic nitrogens is 2. The number of imidazole rings is 1. The highest BCUT2D eigenvalue weighted by Gasteiger charge is 2.34. The number of methoxy groups -OCH3 is 3. The van der Waals surface area contributed by atoms with Crippen LogP contribution in [-0.4, -0.2) is 42.0 Å². The summed E-state index contributed by atoms with van der Waals surface area (Å²) in [7, 11) is 4.73. The molecule has 2 unspecified atom stereocenters. The topological polar surface area (TPSA) is 94.8 Å². The minimum absolute atomic E-state index is 0.198. The van der Waals surface area contributed by atoms with Crippen LogP contribution >= 0.6 is 0 Å². The van der Waals surface area contributed by atoms with Gasteiger partial charge in [-0.3, -0.25) is 0 Å². The number of hydrogen-bond donors (Lipinski definition) is 2. The summed E-state index contributed by atoms with van der Waals surface area (Å²) in [6.07, 6.45) is 3.21. The van der Waals surface area contributed by atoms with Gasteiger partial charge in [0.1, 0.15) is 0 Å². The zero-order valence-electron chi connectivity index (χ0n) is 20.6. The first kappa shape index (κ1) is 23.7. The smallest absolute Gasteiger partial charge is 0.335 e. The second kappa shape index (κ2) is 9.08. The average Bonchev–Trinajstić information content (AvgIpc) is 3.13. The zero-order chi connectivity index (χ0) is 24.6. The Kier molecular flexibility index (Phi) is 6.34. The van der Waals surface area contributed by atoms with Crippen molar-refractivity contribution >= 4 is 28.6 Å². The molecule has 1 saturated carbocycles. The fourth-order valence-electron chi connectivity index (χ4n) is 5.46. The number of carboxylic acids is 1. The van der Waals surface area contributed by atoms with Gasteiger partial charge in [0.15, 0.2) is 11.5 Å². The Balaban J connectivity index is 1.85. The Hall–Kier alpha value is -3.42. The van der Waals surface area contributed by atoms with E-state index in [9.17, 15) is 9.90 Å². The number of anilines is 2. The largest absolute Gasteiger partial charge is 0.493 e. The highest BCUT2D eigenvalue weighted by atomic mass is 16.5. The maximum absolute atomic E-state index is 11.6. The number of nitrogens with zero attached hydrogens (tertiary/aromatic N) is 2. The highest BCUT2D eigenvalue weighted by molar-refractivity contribution is 5.93. The molecule has 1 fully saturated rings. The third-order valence-electron chi connectivity index (χ3n) is 6.59. The summed E-state index contributed by atoms with van der Waals surface area (Å²) in [5.41, 5.74) is 2.70. The van der Waals surface area contributed by atoms with Gasteiger partial charge >= 0.3 is 5.97 Å². The van der Waals surface area contributed by atoms with Crippen LogP contribution in [0.5, 0.6) is 17.2 Å². The fraction of sp³-hybridized carbons (Fsp3) is 0.462. The molecule has 2 N–H and O–H groups in total. The highest BCUT2D eigenvalue weighted by Crippen LogP contribution is 2.46. The van der Waals surface area contributed by atoms with Crippen LogP contribution in [0.1, 0.15) is 56.4 Å². The van der Waals surface area contributed by atoms with Gasteiger partial charge in [0.25, 0.3) is 0 Å². The fourth-order valence-corrected chi connectivity index (χ4v) is 5.46. The number of fused-ring (bicyclic) bond motifs is 1. The Bertz CT molecular complexity index is 1190. The van der Waals surface area contributed by atoms with Crippen molar-refractivity contribution in [3.05, 3.63) is 35.9 Å². The van der Waals surface area contributed by atoms with Gasteiger partial charge in [-0.1, -0.05) is 20.8 Å². The van der Waals surface area contributed by atoms with Gasteiger partial charge in [-0.25, -0.2) is 9.78 Å². The van der Waals surface area contributed by atoms with Crippen molar-refractivity contribution in [2.75, 3.05) is 26.6 Å². The first-order valence-corrected chi connectivity index (χ1v) is 11.5. The molecule has 182 valence electrons. The van der Waals surface area contributed by atoms with Gasteiger partial charge in [-0.15, -0.1) is 0 Å². The van der Waals surface area contributed by atoms with Crippen molar-refractivity contribution in [3.8, 4) is 17.2 Å². The second-order valence-electron chi connectivity index (χ2n) is 9.92. The van der Waals surface area contributed by atoms with E-state index in [0.717, 1.165) is 24.0 Å². The molecular weight excluding hydrogens is 434 g/mol. The number of carbonyl (C=O) groups is 1. The molecule has 0 bridgehead atoms. The molecule has 0 saturated heterocycles. The first-order chi connectivity index (χ1) is 16.2. The predicted molar refractivity (Wildman–Crippen MR) is 132 cm³/mol. The van der Waals surface area contributed by atoms with E-state index in [2.05, 4.69) is 30.7 Å². The minimum Gasteiger partial charge on any atom is -0.493 e. The molecule has 1 aliphatic carbocycles. The van der Waals surface area contributed by atoms with E-state index in [-0.39, 0.29) is 17.0 Å². The van der Waals surface area contributed by atoms with Crippen molar-refractivity contribution in [2.24, 2.45) is 11.3 Å².